The fourth-order valence-electron chi connectivity index (χ4n) is 2.18. The number of amides is 2. The van der Waals surface area contributed by atoms with E-state index in [4.69, 9.17) is 5.14 Å². The molecule has 1 fully saturated rings. The zero-order valence-electron chi connectivity index (χ0n) is 11.7. The van der Waals surface area contributed by atoms with Crippen LogP contribution in [0.1, 0.15) is 19.8 Å². The summed E-state index contributed by atoms with van der Waals surface area (Å²) in [5, 5.41) is 7.37. The van der Waals surface area contributed by atoms with Crippen LogP contribution in [0.5, 0.6) is 0 Å². The van der Waals surface area contributed by atoms with Crippen LogP contribution in [-0.4, -0.2) is 32.4 Å². The van der Waals surface area contributed by atoms with Crippen LogP contribution in [0.4, 0.5) is 14.9 Å². The Morgan fingerprint density at radius 2 is 2.00 bits per heavy atom. The number of halogens is 1. The molecule has 0 aromatic heterocycles. The molecule has 1 aliphatic rings. The summed E-state index contributed by atoms with van der Waals surface area (Å²) in [6.07, 6.45) is 1.83. The third-order valence-corrected chi connectivity index (χ3v) is 4.49. The first-order valence-electron chi connectivity index (χ1n) is 6.65. The Bertz CT molecular complexity index is 640. The topological polar surface area (TPSA) is 92.5 Å². The van der Waals surface area contributed by atoms with Gasteiger partial charge in [-0.3, -0.25) is 0 Å². The van der Waals surface area contributed by atoms with E-state index in [1.807, 2.05) is 0 Å². The van der Waals surface area contributed by atoms with Crippen LogP contribution in [0.25, 0.3) is 0 Å². The van der Waals surface area contributed by atoms with E-state index < -0.39 is 15.8 Å². The second-order valence-corrected chi connectivity index (χ2v) is 6.85. The smallest absolute Gasteiger partial charge is 0.321 e. The maximum Gasteiger partial charge on any atom is 0.321 e. The fourth-order valence-corrected chi connectivity index (χ4v) is 2.71. The summed E-state index contributed by atoms with van der Waals surface area (Å²) < 4.78 is 36.0. The first kappa shape index (κ1) is 15.7. The van der Waals surface area contributed by atoms with Gasteiger partial charge in [0.05, 0.1) is 10.6 Å². The molecular formula is C13H18FN3O3S. The number of hydrogen-bond donors (Lipinski definition) is 2. The van der Waals surface area contributed by atoms with Crippen LogP contribution in [0, 0.1) is 11.7 Å². The SMILES string of the molecule is CC1CCN(C(=O)Nc2ccc(S(N)(=O)=O)cc2F)CC1. The lowest BCUT2D eigenvalue weighted by Gasteiger charge is -2.30. The number of benzene rings is 1. The monoisotopic (exact) mass is 315 g/mol. The number of anilines is 1. The second kappa shape index (κ2) is 5.98. The van der Waals surface area contributed by atoms with Gasteiger partial charge in [-0.1, -0.05) is 6.92 Å². The molecule has 0 bridgehead atoms. The Morgan fingerprint density at radius 1 is 1.38 bits per heavy atom. The molecule has 0 spiro atoms. The number of nitrogens with zero attached hydrogens (tertiary/aromatic N) is 1. The zero-order valence-corrected chi connectivity index (χ0v) is 12.5. The molecule has 1 saturated heterocycles. The summed E-state index contributed by atoms with van der Waals surface area (Å²) in [6.45, 7) is 3.38. The minimum atomic E-state index is -3.96. The molecule has 1 aromatic rings. The average molecular weight is 315 g/mol. The highest BCUT2D eigenvalue weighted by molar-refractivity contribution is 7.89. The number of nitrogens with one attached hydrogen (secondary N) is 1. The van der Waals surface area contributed by atoms with Gasteiger partial charge < -0.3 is 10.2 Å². The Kier molecular flexibility index (Phi) is 4.48. The van der Waals surface area contributed by atoms with Crippen molar-refractivity contribution in [2.45, 2.75) is 24.7 Å². The summed E-state index contributed by atoms with van der Waals surface area (Å²) >= 11 is 0. The van der Waals surface area contributed by atoms with Crippen molar-refractivity contribution in [2.24, 2.45) is 11.1 Å². The minimum absolute atomic E-state index is 0.0639. The third kappa shape index (κ3) is 3.92. The second-order valence-electron chi connectivity index (χ2n) is 5.29. The molecule has 1 aliphatic heterocycles. The molecule has 2 amide bonds. The molecule has 0 saturated carbocycles. The molecule has 21 heavy (non-hydrogen) atoms. The van der Waals surface area contributed by atoms with Crippen molar-refractivity contribution in [3.63, 3.8) is 0 Å². The summed E-state index contributed by atoms with van der Waals surface area (Å²) in [5.41, 5.74) is -0.0639. The van der Waals surface area contributed by atoms with Gasteiger partial charge in [-0.25, -0.2) is 22.7 Å². The first-order chi connectivity index (χ1) is 9.77. The zero-order chi connectivity index (χ0) is 15.6. The van der Waals surface area contributed by atoms with Crippen LogP contribution in [0.3, 0.4) is 0 Å². The molecule has 2 rings (SSSR count). The van der Waals surface area contributed by atoms with Gasteiger partial charge >= 0.3 is 6.03 Å². The van der Waals surface area contributed by atoms with Gasteiger partial charge in [-0.2, -0.15) is 0 Å². The van der Waals surface area contributed by atoms with Crippen molar-refractivity contribution in [1.29, 1.82) is 0 Å². The third-order valence-electron chi connectivity index (χ3n) is 3.58. The van der Waals surface area contributed by atoms with E-state index in [2.05, 4.69) is 12.2 Å². The summed E-state index contributed by atoms with van der Waals surface area (Å²) in [6, 6.07) is 2.76. The number of primary sulfonamides is 1. The summed E-state index contributed by atoms with van der Waals surface area (Å²) in [5.74, 6) is -0.250. The van der Waals surface area contributed by atoms with Crippen molar-refractivity contribution in [1.82, 2.24) is 4.90 Å². The largest absolute Gasteiger partial charge is 0.325 e. The van der Waals surface area contributed by atoms with Crippen molar-refractivity contribution in [2.75, 3.05) is 18.4 Å². The van der Waals surface area contributed by atoms with Crippen LogP contribution >= 0.6 is 0 Å². The van der Waals surface area contributed by atoms with Gasteiger partial charge in [-0.05, 0) is 37.0 Å². The van der Waals surface area contributed by atoms with E-state index >= 15 is 0 Å². The van der Waals surface area contributed by atoms with E-state index in [1.54, 1.807) is 4.90 Å². The van der Waals surface area contributed by atoms with Gasteiger partial charge in [0.2, 0.25) is 10.0 Å². The normalized spacial score (nSPS) is 16.8. The number of carbonyl (C=O) groups excluding carboxylic acids is 1. The fraction of sp³-hybridized carbons (Fsp3) is 0.462. The quantitative estimate of drug-likeness (QED) is 0.870. The molecule has 0 aliphatic carbocycles. The Morgan fingerprint density at radius 3 is 2.52 bits per heavy atom. The number of hydrogen-bond acceptors (Lipinski definition) is 3. The van der Waals surface area contributed by atoms with Crippen molar-refractivity contribution >= 4 is 21.7 Å². The molecule has 116 valence electrons. The lowest BCUT2D eigenvalue weighted by atomic mass is 10.00. The van der Waals surface area contributed by atoms with Crippen molar-refractivity contribution in [3.8, 4) is 0 Å². The molecule has 0 radical (unpaired) electrons. The van der Waals surface area contributed by atoms with Crippen molar-refractivity contribution in [3.05, 3.63) is 24.0 Å². The number of rotatable bonds is 2. The number of nitrogens with two attached hydrogens (primary N) is 1. The molecular weight excluding hydrogens is 297 g/mol. The summed E-state index contributed by atoms with van der Waals surface area (Å²) in [4.78, 5) is 13.3. The molecule has 0 atom stereocenters. The highest BCUT2D eigenvalue weighted by Crippen LogP contribution is 2.20. The first-order valence-corrected chi connectivity index (χ1v) is 8.20. The molecule has 6 nitrogen and oxygen atoms in total. The lowest BCUT2D eigenvalue weighted by Crippen LogP contribution is -2.40. The van der Waals surface area contributed by atoms with Crippen molar-refractivity contribution < 1.29 is 17.6 Å². The summed E-state index contributed by atoms with van der Waals surface area (Å²) in [7, 11) is -3.96. The predicted octanol–water partition coefficient (Wildman–Crippen LogP) is 1.74. The van der Waals surface area contributed by atoms with E-state index in [9.17, 15) is 17.6 Å². The number of likely N-dealkylation sites (tertiary alicyclic amines) is 1. The number of sulfonamides is 1. The molecule has 0 unspecified atom stereocenters. The molecule has 1 heterocycles. The van der Waals surface area contributed by atoms with Gasteiger partial charge in [0.1, 0.15) is 5.82 Å². The highest BCUT2D eigenvalue weighted by atomic mass is 32.2. The van der Waals surface area contributed by atoms with Crippen LogP contribution in [0.15, 0.2) is 23.1 Å². The van der Waals surface area contributed by atoms with Crippen LogP contribution in [-0.2, 0) is 10.0 Å². The Hall–Kier alpha value is -1.67. The number of urea groups is 1. The lowest BCUT2D eigenvalue weighted by molar-refractivity contribution is 0.186. The Labute approximate surface area is 123 Å². The molecule has 8 heteroatoms. The Balaban J connectivity index is 2.08. The van der Waals surface area contributed by atoms with Gasteiger partial charge in [0.15, 0.2) is 0 Å². The maximum atomic E-state index is 13.8. The number of carbonyl (C=O) groups is 1. The van der Waals surface area contributed by atoms with Gasteiger partial charge in [0.25, 0.3) is 0 Å². The minimum Gasteiger partial charge on any atom is -0.325 e. The van der Waals surface area contributed by atoms with Crippen LogP contribution < -0.4 is 10.5 Å². The van der Waals surface area contributed by atoms with E-state index in [1.165, 1.54) is 6.07 Å². The van der Waals surface area contributed by atoms with Gasteiger partial charge in [0, 0.05) is 13.1 Å². The standard InChI is InChI=1S/C13H18FN3O3S/c1-9-4-6-17(7-5-9)13(18)16-12-3-2-10(8-11(12)14)21(15,19)20/h2-3,8-9H,4-7H2,1H3,(H,16,18)(H2,15,19,20). The maximum absolute atomic E-state index is 13.8. The molecule has 3 N–H and O–H groups in total. The van der Waals surface area contributed by atoms with Gasteiger partial charge in [-0.15, -0.1) is 0 Å². The average Bonchev–Trinajstić information content (AvgIpc) is 2.40. The van der Waals surface area contributed by atoms with E-state index in [-0.39, 0.29) is 16.6 Å². The number of piperidine rings is 1. The highest BCUT2D eigenvalue weighted by Gasteiger charge is 2.21. The van der Waals surface area contributed by atoms with E-state index in [0.29, 0.717) is 19.0 Å². The predicted molar refractivity (Wildman–Crippen MR) is 76.8 cm³/mol. The molecule has 1 aromatic carbocycles. The van der Waals surface area contributed by atoms with E-state index in [0.717, 1.165) is 25.0 Å². The van der Waals surface area contributed by atoms with Crippen LogP contribution in [0.2, 0.25) is 0 Å².